The molecule has 1 saturated heterocycles. The van der Waals surface area contributed by atoms with Gasteiger partial charge in [0.05, 0.1) is 18.8 Å². The highest BCUT2D eigenvalue weighted by Crippen LogP contribution is 2.38. The SMILES string of the molecule is CCCCCCCCN(CCCCCCCC)CC1CC(c2ccc(CO)cc2)OC(c2cccc(N)c2)O1. The van der Waals surface area contributed by atoms with Crippen LogP contribution in [0.5, 0.6) is 0 Å². The quantitative estimate of drug-likeness (QED) is 0.139. The molecule has 2 aromatic carbocycles. The average molecular weight is 539 g/mol. The molecule has 1 aliphatic rings. The molecule has 5 heteroatoms. The van der Waals surface area contributed by atoms with Crippen molar-refractivity contribution < 1.29 is 14.6 Å². The van der Waals surface area contributed by atoms with Crippen molar-refractivity contribution in [2.45, 2.75) is 122 Å². The Morgan fingerprint density at radius 2 is 1.38 bits per heavy atom. The lowest BCUT2D eigenvalue weighted by Crippen LogP contribution is -2.40. The first-order chi connectivity index (χ1) is 19.1. The third-order valence-corrected chi connectivity index (χ3v) is 7.92. The summed E-state index contributed by atoms with van der Waals surface area (Å²) in [6.45, 7) is 7.82. The maximum Gasteiger partial charge on any atom is 0.185 e. The molecule has 0 saturated carbocycles. The van der Waals surface area contributed by atoms with Crippen LogP contribution in [-0.4, -0.2) is 35.7 Å². The number of benzene rings is 2. The molecular weight excluding hydrogens is 484 g/mol. The molecule has 3 rings (SSSR count). The zero-order valence-electron chi connectivity index (χ0n) is 24.7. The maximum atomic E-state index is 9.49. The minimum Gasteiger partial charge on any atom is -0.399 e. The second kappa shape index (κ2) is 18.4. The first kappa shape index (κ1) is 31.6. The molecule has 0 amide bonds. The van der Waals surface area contributed by atoms with Gasteiger partial charge in [-0.05, 0) is 49.2 Å². The van der Waals surface area contributed by atoms with Gasteiger partial charge in [-0.25, -0.2) is 0 Å². The van der Waals surface area contributed by atoms with E-state index in [4.69, 9.17) is 15.2 Å². The fourth-order valence-corrected chi connectivity index (χ4v) is 5.55. The van der Waals surface area contributed by atoms with Gasteiger partial charge < -0.3 is 25.2 Å². The molecule has 1 fully saturated rings. The lowest BCUT2D eigenvalue weighted by atomic mass is 9.99. The van der Waals surface area contributed by atoms with E-state index in [2.05, 4.69) is 30.9 Å². The Bertz CT molecular complexity index is 888. The Hall–Kier alpha value is -1.92. The van der Waals surface area contributed by atoms with E-state index in [9.17, 15) is 5.11 Å². The number of nitrogens with two attached hydrogens (primary N) is 1. The van der Waals surface area contributed by atoms with Crippen molar-refractivity contribution in [2.75, 3.05) is 25.4 Å². The molecular formula is C34H54N2O3. The van der Waals surface area contributed by atoms with Crippen LogP contribution >= 0.6 is 0 Å². The Kier molecular flexibility index (Phi) is 14.9. The Morgan fingerprint density at radius 3 is 1.97 bits per heavy atom. The summed E-state index contributed by atoms with van der Waals surface area (Å²) in [5.74, 6) is 0. The Balaban J connectivity index is 1.67. The molecule has 5 nitrogen and oxygen atoms in total. The van der Waals surface area contributed by atoms with Crippen LogP contribution < -0.4 is 5.73 Å². The molecule has 1 heterocycles. The Morgan fingerprint density at radius 1 is 0.769 bits per heavy atom. The van der Waals surface area contributed by atoms with Crippen molar-refractivity contribution in [3.63, 3.8) is 0 Å². The van der Waals surface area contributed by atoms with Gasteiger partial charge in [0.25, 0.3) is 0 Å². The normalized spacial score (nSPS) is 19.5. The predicted octanol–water partition coefficient (Wildman–Crippen LogP) is 8.33. The van der Waals surface area contributed by atoms with Gasteiger partial charge >= 0.3 is 0 Å². The molecule has 218 valence electrons. The minimum absolute atomic E-state index is 0.0509. The van der Waals surface area contributed by atoms with E-state index < -0.39 is 6.29 Å². The van der Waals surface area contributed by atoms with Crippen LogP contribution in [0.2, 0.25) is 0 Å². The van der Waals surface area contributed by atoms with Crippen molar-refractivity contribution in [3.8, 4) is 0 Å². The molecule has 3 unspecified atom stereocenters. The highest BCUT2D eigenvalue weighted by molar-refractivity contribution is 5.41. The topological polar surface area (TPSA) is 68.0 Å². The van der Waals surface area contributed by atoms with Crippen molar-refractivity contribution >= 4 is 5.69 Å². The number of nitrogen functional groups attached to an aromatic ring is 1. The largest absolute Gasteiger partial charge is 0.399 e. The number of ether oxygens (including phenoxy) is 2. The van der Waals surface area contributed by atoms with E-state index in [0.29, 0.717) is 0 Å². The van der Waals surface area contributed by atoms with E-state index in [0.717, 1.165) is 48.4 Å². The van der Waals surface area contributed by atoms with Crippen LogP contribution in [0.4, 0.5) is 5.69 Å². The number of aliphatic hydroxyl groups excluding tert-OH is 1. The van der Waals surface area contributed by atoms with Gasteiger partial charge in [0.15, 0.2) is 6.29 Å². The first-order valence-electron chi connectivity index (χ1n) is 15.7. The number of hydrogen-bond acceptors (Lipinski definition) is 5. The molecule has 0 bridgehead atoms. The summed E-state index contributed by atoms with van der Waals surface area (Å²) >= 11 is 0. The standard InChI is InChI=1S/C34H54N2O3/c1-3-5-7-9-11-13-22-36(23-14-12-10-8-6-4-2)26-32-25-33(29-20-18-28(27-37)19-21-29)39-34(38-32)30-16-15-17-31(35)24-30/h15-21,24,32-34,37H,3-14,22-23,25-27,35H2,1-2H3. The van der Waals surface area contributed by atoms with Crippen LogP contribution in [0.15, 0.2) is 48.5 Å². The van der Waals surface area contributed by atoms with Crippen molar-refractivity contribution in [2.24, 2.45) is 0 Å². The average Bonchev–Trinajstić information content (AvgIpc) is 2.96. The second-order valence-electron chi connectivity index (χ2n) is 11.4. The number of hydrogen-bond donors (Lipinski definition) is 2. The van der Waals surface area contributed by atoms with Crippen molar-refractivity contribution in [3.05, 3.63) is 65.2 Å². The maximum absolute atomic E-state index is 9.49. The fourth-order valence-electron chi connectivity index (χ4n) is 5.55. The lowest BCUT2D eigenvalue weighted by Gasteiger charge is -2.38. The van der Waals surface area contributed by atoms with Gasteiger partial charge in [-0.1, -0.05) is 114 Å². The summed E-state index contributed by atoms with van der Waals surface area (Å²) in [6, 6.07) is 16.0. The first-order valence-corrected chi connectivity index (χ1v) is 15.7. The predicted molar refractivity (Wildman–Crippen MR) is 162 cm³/mol. The molecule has 0 aromatic heterocycles. The lowest BCUT2D eigenvalue weighted by molar-refractivity contribution is -0.253. The summed E-state index contributed by atoms with van der Waals surface area (Å²) in [5.41, 5.74) is 9.85. The van der Waals surface area contributed by atoms with Crippen LogP contribution in [0.25, 0.3) is 0 Å². The third-order valence-electron chi connectivity index (χ3n) is 7.92. The van der Waals surface area contributed by atoms with Gasteiger partial charge in [-0.15, -0.1) is 0 Å². The summed E-state index contributed by atoms with van der Waals surface area (Å²) in [4.78, 5) is 2.65. The number of unbranched alkanes of at least 4 members (excludes halogenated alkanes) is 10. The van der Waals surface area contributed by atoms with Crippen molar-refractivity contribution in [1.29, 1.82) is 0 Å². The minimum atomic E-state index is -0.445. The van der Waals surface area contributed by atoms with Crippen LogP contribution in [-0.2, 0) is 16.1 Å². The molecule has 2 aromatic rings. The monoisotopic (exact) mass is 538 g/mol. The molecule has 3 N–H and O–H groups in total. The molecule has 0 radical (unpaired) electrons. The summed E-state index contributed by atoms with van der Waals surface area (Å²) in [5, 5.41) is 9.49. The number of anilines is 1. The smallest absolute Gasteiger partial charge is 0.185 e. The van der Waals surface area contributed by atoms with Crippen LogP contribution in [0.1, 0.15) is 126 Å². The number of nitrogens with zero attached hydrogens (tertiary/aromatic N) is 1. The fraction of sp³-hybridized carbons (Fsp3) is 0.647. The third kappa shape index (κ3) is 11.6. The highest BCUT2D eigenvalue weighted by atomic mass is 16.7. The van der Waals surface area contributed by atoms with E-state index in [1.165, 1.54) is 77.0 Å². The second-order valence-corrected chi connectivity index (χ2v) is 11.4. The van der Waals surface area contributed by atoms with Gasteiger partial charge in [0, 0.05) is 24.2 Å². The van der Waals surface area contributed by atoms with Gasteiger partial charge in [-0.2, -0.15) is 0 Å². The summed E-state index contributed by atoms with van der Waals surface area (Å²) in [7, 11) is 0. The van der Waals surface area contributed by atoms with Crippen molar-refractivity contribution in [1.82, 2.24) is 4.90 Å². The van der Waals surface area contributed by atoms with E-state index in [-0.39, 0.29) is 18.8 Å². The number of aliphatic hydroxyl groups is 1. The Labute approximate surface area is 238 Å². The zero-order valence-corrected chi connectivity index (χ0v) is 24.7. The van der Waals surface area contributed by atoms with E-state index >= 15 is 0 Å². The van der Waals surface area contributed by atoms with E-state index in [1.54, 1.807) is 0 Å². The number of rotatable bonds is 19. The highest BCUT2D eigenvalue weighted by Gasteiger charge is 2.33. The van der Waals surface area contributed by atoms with E-state index in [1.807, 2.05) is 36.4 Å². The van der Waals surface area contributed by atoms with Crippen LogP contribution in [0, 0.1) is 0 Å². The molecule has 0 spiro atoms. The van der Waals surface area contributed by atoms with Gasteiger partial charge in [0.2, 0.25) is 0 Å². The summed E-state index contributed by atoms with van der Waals surface area (Å²) < 4.78 is 13.1. The molecule has 1 aliphatic heterocycles. The molecule has 0 aliphatic carbocycles. The summed E-state index contributed by atoms with van der Waals surface area (Å²) in [6.07, 6.45) is 16.2. The van der Waals surface area contributed by atoms with Gasteiger partial charge in [0.1, 0.15) is 0 Å². The molecule has 3 atom stereocenters. The van der Waals surface area contributed by atoms with Crippen LogP contribution in [0.3, 0.4) is 0 Å². The zero-order chi connectivity index (χ0) is 27.7. The van der Waals surface area contributed by atoms with Gasteiger partial charge in [-0.3, -0.25) is 0 Å². The molecule has 39 heavy (non-hydrogen) atoms.